The highest BCUT2D eigenvalue weighted by Gasteiger charge is 2.27. The van der Waals surface area contributed by atoms with Crippen LogP contribution in [0, 0.1) is 0 Å². The number of rotatable bonds is 5. The predicted molar refractivity (Wildman–Crippen MR) is 89.9 cm³/mol. The van der Waals surface area contributed by atoms with Crippen molar-refractivity contribution in [2.24, 2.45) is 0 Å². The van der Waals surface area contributed by atoms with Gasteiger partial charge in [-0.1, -0.05) is 30.3 Å². The Morgan fingerprint density at radius 3 is 2.28 bits per heavy atom. The zero-order valence-electron chi connectivity index (χ0n) is 13.6. The summed E-state index contributed by atoms with van der Waals surface area (Å²) < 4.78 is 5.29. The van der Waals surface area contributed by atoms with Gasteiger partial charge in [0.05, 0.1) is 5.56 Å². The van der Waals surface area contributed by atoms with Gasteiger partial charge in [0.25, 0.3) is 5.91 Å². The molecule has 3 amide bonds. The fraction of sp³-hybridized carbons (Fsp3) is 0.167. The predicted octanol–water partition coefficient (Wildman–Crippen LogP) is 2.14. The van der Waals surface area contributed by atoms with E-state index in [1.54, 1.807) is 37.3 Å². The van der Waals surface area contributed by atoms with Crippen LogP contribution < -0.4 is 10.6 Å². The molecule has 2 aromatic carbocycles. The summed E-state index contributed by atoms with van der Waals surface area (Å²) in [5, 5.41) is 13.8. The molecule has 0 aliphatic heterocycles. The van der Waals surface area contributed by atoms with Gasteiger partial charge in [-0.3, -0.25) is 10.1 Å². The van der Waals surface area contributed by atoms with Crippen molar-refractivity contribution < 1.29 is 24.2 Å². The van der Waals surface area contributed by atoms with Crippen LogP contribution in [-0.2, 0) is 9.53 Å². The number of amides is 3. The van der Waals surface area contributed by atoms with E-state index in [1.165, 1.54) is 24.3 Å². The summed E-state index contributed by atoms with van der Waals surface area (Å²) in [5.74, 6) is -1.51. The van der Waals surface area contributed by atoms with E-state index < -0.39 is 24.0 Å². The molecule has 0 aromatic heterocycles. The highest BCUT2D eigenvalue weighted by Crippen LogP contribution is 2.20. The number of phenols is 1. The van der Waals surface area contributed by atoms with Crippen molar-refractivity contribution in [3.05, 3.63) is 65.7 Å². The molecule has 0 radical (unpaired) electrons. The number of imide groups is 1. The largest absolute Gasteiger partial charge is 0.508 e. The summed E-state index contributed by atoms with van der Waals surface area (Å²) >= 11 is 0. The van der Waals surface area contributed by atoms with Crippen molar-refractivity contribution in [3.63, 3.8) is 0 Å². The van der Waals surface area contributed by atoms with Gasteiger partial charge < -0.3 is 15.2 Å². The van der Waals surface area contributed by atoms with Crippen molar-refractivity contribution in [3.8, 4) is 5.75 Å². The molecule has 7 nitrogen and oxygen atoms in total. The topological polar surface area (TPSA) is 105 Å². The minimum Gasteiger partial charge on any atom is -0.508 e. The zero-order chi connectivity index (χ0) is 18.2. The van der Waals surface area contributed by atoms with Crippen molar-refractivity contribution >= 4 is 17.9 Å². The Kier molecular flexibility index (Phi) is 6.11. The number of esters is 1. The maximum absolute atomic E-state index is 12.4. The van der Waals surface area contributed by atoms with Crippen LogP contribution in [-0.4, -0.2) is 29.6 Å². The minimum absolute atomic E-state index is 0.00476. The number of aromatic hydroxyl groups is 1. The van der Waals surface area contributed by atoms with Crippen LogP contribution in [0.4, 0.5) is 4.79 Å². The number of ether oxygens (including phenoxy) is 1. The summed E-state index contributed by atoms with van der Waals surface area (Å²) in [7, 11) is 0. The molecule has 3 N–H and O–H groups in total. The minimum atomic E-state index is -1.29. The van der Waals surface area contributed by atoms with Gasteiger partial charge in [-0.05, 0) is 31.2 Å². The Bertz CT molecular complexity index is 744. The van der Waals surface area contributed by atoms with E-state index in [4.69, 9.17) is 4.74 Å². The van der Waals surface area contributed by atoms with Crippen molar-refractivity contribution in [2.75, 3.05) is 6.54 Å². The molecular formula is C18H18N2O5. The molecule has 130 valence electrons. The average Bonchev–Trinajstić information content (AvgIpc) is 2.61. The molecule has 7 heteroatoms. The molecule has 0 saturated carbocycles. The lowest BCUT2D eigenvalue weighted by atomic mass is 10.1. The van der Waals surface area contributed by atoms with Crippen LogP contribution in [0.15, 0.2) is 54.6 Å². The number of carbonyl (C=O) groups excluding carboxylic acids is 3. The van der Waals surface area contributed by atoms with Crippen LogP contribution in [0.1, 0.15) is 28.9 Å². The van der Waals surface area contributed by atoms with E-state index in [0.29, 0.717) is 12.1 Å². The Hall–Kier alpha value is -3.35. The Labute approximate surface area is 144 Å². The third kappa shape index (κ3) is 5.07. The lowest BCUT2D eigenvalue weighted by Gasteiger charge is -2.17. The zero-order valence-corrected chi connectivity index (χ0v) is 13.6. The van der Waals surface area contributed by atoms with E-state index in [2.05, 4.69) is 10.6 Å². The summed E-state index contributed by atoms with van der Waals surface area (Å²) in [5.41, 5.74) is 0.598. The average molecular weight is 342 g/mol. The number of carbonyl (C=O) groups is 3. The molecular weight excluding hydrogens is 324 g/mol. The van der Waals surface area contributed by atoms with Crippen LogP contribution in [0.5, 0.6) is 5.75 Å². The van der Waals surface area contributed by atoms with Crippen molar-refractivity contribution in [2.45, 2.75) is 13.0 Å². The van der Waals surface area contributed by atoms with Gasteiger partial charge in [-0.15, -0.1) is 0 Å². The second kappa shape index (κ2) is 8.49. The van der Waals surface area contributed by atoms with E-state index in [1.807, 2.05) is 0 Å². The van der Waals surface area contributed by atoms with Crippen LogP contribution >= 0.6 is 0 Å². The van der Waals surface area contributed by atoms with Gasteiger partial charge >= 0.3 is 12.0 Å². The van der Waals surface area contributed by atoms with E-state index >= 15 is 0 Å². The number of benzene rings is 2. The summed E-state index contributed by atoms with van der Waals surface area (Å²) in [4.78, 5) is 36.2. The monoisotopic (exact) mass is 342 g/mol. The lowest BCUT2D eigenvalue weighted by molar-refractivity contribution is -0.129. The number of phenolic OH excluding ortho intramolecular Hbond substituents is 1. The first-order chi connectivity index (χ1) is 12.0. The summed E-state index contributed by atoms with van der Waals surface area (Å²) in [6.07, 6.45) is -1.29. The van der Waals surface area contributed by atoms with E-state index in [-0.39, 0.29) is 11.3 Å². The van der Waals surface area contributed by atoms with Crippen LogP contribution in [0.2, 0.25) is 0 Å². The fourth-order valence-electron chi connectivity index (χ4n) is 2.06. The normalized spacial score (nSPS) is 11.2. The first-order valence-corrected chi connectivity index (χ1v) is 7.65. The third-order valence-corrected chi connectivity index (χ3v) is 3.24. The molecule has 0 bridgehead atoms. The van der Waals surface area contributed by atoms with E-state index in [0.717, 1.165) is 0 Å². The standard InChI is InChI=1S/C18H18N2O5/c1-2-19-18(24)20-16(22)15(12-6-4-3-5-7-12)25-17(23)13-8-10-14(21)11-9-13/h3-11,15,21H,2H2,1H3,(H2,19,20,22,24)/t15-/m0/s1. The van der Waals surface area contributed by atoms with Gasteiger partial charge in [0, 0.05) is 12.1 Å². The summed E-state index contributed by atoms with van der Waals surface area (Å²) in [6, 6.07) is 13.1. The molecule has 0 aliphatic carbocycles. The van der Waals surface area contributed by atoms with Crippen molar-refractivity contribution in [1.82, 2.24) is 10.6 Å². The Balaban J connectivity index is 2.20. The molecule has 2 rings (SSSR count). The second-order valence-corrected chi connectivity index (χ2v) is 5.09. The highest BCUT2D eigenvalue weighted by atomic mass is 16.5. The smallest absolute Gasteiger partial charge is 0.339 e. The summed E-state index contributed by atoms with van der Waals surface area (Å²) in [6.45, 7) is 2.06. The van der Waals surface area contributed by atoms with Gasteiger partial charge in [0.15, 0.2) is 0 Å². The van der Waals surface area contributed by atoms with Gasteiger partial charge in [-0.2, -0.15) is 0 Å². The third-order valence-electron chi connectivity index (χ3n) is 3.24. The van der Waals surface area contributed by atoms with E-state index in [9.17, 15) is 19.5 Å². The number of hydrogen-bond donors (Lipinski definition) is 3. The molecule has 1 atom stereocenters. The first-order valence-electron chi connectivity index (χ1n) is 7.65. The molecule has 0 spiro atoms. The molecule has 0 fully saturated rings. The lowest BCUT2D eigenvalue weighted by Crippen LogP contribution is -2.42. The van der Waals surface area contributed by atoms with Crippen molar-refractivity contribution in [1.29, 1.82) is 0 Å². The van der Waals surface area contributed by atoms with Gasteiger partial charge in [0.1, 0.15) is 5.75 Å². The maximum Gasteiger partial charge on any atom is 0.339 e. The van der Waals surface area contributed by atoms with Crippen LogP contribution in [0.3, 0.4) is 0 Å². The molecule has 0 unspecified atom stereocenters. The Morgan fingerprint density at radius 1 is 1.04 bits per heavy atom. The number of nitrogens with one attached hydrogen (secondary N) is 2. The fourth-order valence-corrected chi connectivity index (χ4v) is 2.06. The van der Waals surface area contributed by atoms with Gasteiger partial charge in [0.2, 0.25) is 6.10 Å². The molecule has 0 aliphatic rings. The molecule has 0 saturated heterocycles. The highest BCUT2D eigenvalue weighted by molar-refractivity contribution is 5.99. The SMILES string of the molecule is CCNC(=O)NC(=O)[C@@H](OC(=O)c1ccc(O)cc1)c1ccccc1. The van der Waals surface area contributed by atoms with Gasteiger partial charge in [-0.25, -0.2) is 9.59 Å². The second-order valence-electron chi connectivity index (χ2n) is 5.09. The molecule has 0 heterocycles. The quantitative estimate of drug-likeness (QED) is 0.722. The van der Waals surface area contributed by atoms with Crippen LogP contribution in [0.25, 0.3) is 0 Å². The number of hydrogen-bond acceptors (Lipinski definition) is 5. The maximum atomic E-state index is 12.4. The molecule has 25 heavy (non-hydrogen) atoms. The first kappa shape index (κ1) is 18.0. The molecule has 2 aromatic rings. The number of urea groups is 1. The Morgan fingerprint density at radius 2 is 1.68 bits per heavy atom.